The molecule has 0 N–H and O–H groups in total. The van der Waals surface area contributed by atoms with Gasteiger partial charge in [-0.2, -0.15) is 0 Å². The van der Waals surface area contributed by atoms with Crippen molar-refractivity contribution in [2.75, 3.05) is 34.3 Å². The summed E-state index contributed by atoms with van der Waals surface area (Å²) in [6.07, 6.45) is 1.03. The number of amides is 1. The standard InChI is InChI=1S/C14H19BrN2O2/c1-16(2)11-6-7-17(9-11)14(18)12-5-4-10(15)8-13(12)19-3/h4-5,8,11H,6-7,9H2,1-3H3. The van der Waals surface area contributed by atoms with Crippen LogP contribution < -0.4 is 4.74 Å². The van der Waals surface area contributed by atoms with Crippen LogP contribution in [0.3, 0.4) is 0 Å². The average Bonchev–Trinajstić information content (AvgIpc) is 2.87. The normalized spacial score (nSPS) is 19.0. The molecule has 0 spiro atoms. The van der Waals surface area contributed by atoms with Gasteiger partial charge in [0.2, 0.25) is 0 Å². The van der Waals surface area contributed by atoms with Crippen LogP contribution in [-0.2, 0) is 0 Å². The van der Waals surface area contributed by atoms with E-state index in [1.807, 2.05) is 23.1 Å². The smallest absolute Gasteiger partial charge is 0.257 e. The number of likely N-dealkylation sites (tertiary alicyclic amines) is 1. The summed E-state index contributed by atoms with van der Waals surface area (Å²) < 4.78 is 6.20. The third kappa shape index (κ3) is 3.09. The van der Waals surface area contributed by atoms with Gasteiger partial charge in [-0.25, -0.2) is 0 Å². The average molecular weight is 327 g/mol. The van der Waals surface area contributed by atoms with Crippen molar-refractivity contribution in [3.63, 3.8) is 0 Å². The van der Waals surface area contributed by atoms with Crippen molar-refractivity contribution < 1.29 is 9.53 Å². The monoisotopic (exact) mass is 326 g/mol. The van der Waals surface area contributed by atoms with Crippen molar-refractivity contribution in [1.29, 1.82) is 0 Å². The molecule has 0 aliphatic carbocycles. The summed E-state index contributed by atoms with van der Waals surface area (Å²) in [6, 6.07) is 5.96. The number of halogens is 1. The van der Waals surface area contributed by atoms with Crippen LogP contribution in [0.1, 0.15) is 16.8 Å². The van der Waals surface area contributed by atoms with Gasteiger partial charge in [0.15, 0.2) is 0 Å². The Balaban J connectivity index is 2.17. The fourth-order valence-electron chi connectivity index (χ4n) is 2.36. The molecule has 0 bridgehead atoms. The van der Waals surface area contributed by atoms with E-state index in [1.54, 1.807) is 7.11 Å². The van der Waals surface area contributed by atoms with E-state index in [0.29, 0.717) is 17.4 Å². The topological polar surface area (TPSA) is 32.8 Å². The first-order valence-corrected chi connectivity index (χ1v) is 7.11. The number of carbonyl (C=O) groups excluding carboxylic acids is 1. The zero-order chi connectivity index (χ0) is 14.0. The van der Waals surface area contributed by atoms with E-state index in [-0.39, 0.29) is 5.91 Å². The van der Waals surface area contributed by atoms with Gasteiger partial charge in [0.05, 0.1) is 12.7 Å². The molecule has 0 radical (unpaired) electrons. The van der Waals surface area contributed by atoms with E-state index in [4.69, 9.17) is 4.74 Å². The van der Waals surface area contributed by atoms with E-state index < -0.39 is 0 Å². The largest absolute Gasteiger partial charge is 0.496 e. The zero-order valence-electron chi connectivity index (χ0n) is 11.5. The molecule has 0 saturated carbocycles. The molecule has 2 rings (SSSR count). The molecule has 1 amide bonds. The summed E-state index contributed by atoms with van der Waals surface area (Å²) in [7, 11) is 5.70. The van der Waals surface area contributed by atoms with Gasteiger partial charge in [0, 0.05) is 23.6 Å². The molecule has 1 aromatic carbocycles. The van der Waals surface area contributed by atoms with Crippen LogP contribution >= 0.6 is 15.9 Å². The van der Waals surface area contributed by atoms with E-state index in [0.717, 1.165) is 24.0 Å². The molecular weight excluding hydrogens is 308 g/mol. The minimum atomic E-state index is 0.0497. The van der Waals surface area contributed by atoms with Crippen LogP contribution in [0.4, 0.5) is 0 Å². The summed E-state index contributed by atoms with van der Waals surface area (Å²) >= 11 is 3.39. The quantitative estimate of drug-likeness (QED) is 0.854. The van der Waals surface area contributed by atoms with E-state index in [1.165, 1.54) is 0 Å². The highest BCUT2D eigenvalue weighted by Crippen LogP contribution is 2.26. The Kier molecular flexibility index (Phi) is 4.47. The van der Waals surface area contributed by atoms with E-state index in [9.17, 15) is 4.79 Å². The number of rotatable bonds is 3. The first kappa shape index (κ1) is 14.3. The lowest BCUT2D eigenvalue weighted by Gasteiger charge is -2.21. The lowest BCUT2D eigenvalue weighted by Crippen LogP contribution is -2.34. The molecule has 1 fully saturated rings. The Hall–Kier alpha value is -1.07. The molecule has 1 aliphatic heterocycles. The molecule has 1 aliphatic rings. The second-order valence-electron chi connectivity index (χ2n) is 5.00. The van der Waals surface area contributed by atoms with Crippen LogP contribution in [0.2, 0.25) is 0 Å². The van der Waals surface area contributed by atoms with E-state index >= 15 is 0 Å². The summed E-state index contributed by atoms with van der Waals surface area (Å²) in [5.74, 6) is 0.668. The van der Waals surface area contributed by atoms with Crippen LogP contribution in [-0.4, -0.2) is 56.0 Å². The fourth-order valence-corrected chi connectivity index (χ4v) is 2.70. The predicted molar refractivity (Wildman–Crippen MR) is 78.7 cm³/mol. The molecule has 19 heavy (non-hydrogen) atoms. The molecule has 1 atom stereocenters. The highest BCUT2D eigenvalue weighted by molar-refractivity contribution is 9.10. The molecule has 0 aromatic heterocycles. The Morgan fingerprint density at radius 1 is 1.47 bits per heavy atom. The fraction of sp³-hybridized carbons (Fsp3) is 0.500. The van der Waals surface area contributed by atoms with Crippen LogP contribution in [0.25, 0.3) is 0 Å². The van der Waals surface area contributed by atoms with E-state index in [2.05, 4.69) is 34.9 Å². The van der Waals surface area contributed by atoms with Crippen molar-refractivity contribution in [3.8, 4) is 5.75 Å². The van der Waals surface area contributed by atoms with Gasteiger partial charge in [-0.1, -0.05) is 15.9 Å². The number of ether oxygens (including phenoxy) is 1. The van der Waals surface area contributed by atoms with Gasteiger partial charge in [-0.15, -0.1) is 0 Å². The summed E-state index contributed by atoms with van der Waals surface area (Å²) in [5, 5.41) is 0. The maximum atomic E-state index is 12.5. The maximum absolute atomic E-state index is 12.5. The second-order valence-corrected chi connectivity index (χ2v) is 5.92. The Labute approximate surface area is 122 Å². The molecule has 1 heterocycles. The van der Waals surface area contributed by atoms with Gasteiger partial charge in [0.25, 0.3) is 5.91 Å². The van der Waals surface area contributed by atoms with Gasteiger partial charge in [0.1, 0.15) is 5.75 Å². The van der Waals surface area contributed by atoms with Gasteiger partial charge < -0.3 is 14.5 Å². The Bertz CT molecular complexity index is 477. The third-order valence-electron chi connectivity index (χ3n) is 3.57. The minimum absolute atomic E-state index is 0.0497. The number of hydrogen-bond acceptors (Lipinski definition) is 3. The lowest BCUT2D eigenvalue weighted by molar-refractivity contribution is 0.0779. The van der Waals surface area contributed by atoms with Crippen molar-refractivity contribution in [2.45, 2.75) is 12.5 Å². The van der Waals surface area contributed by atoms with Crippen molar-refractivity contribution >= 4 is 21.8 Å². The van der Waals surface area contributed by atoms with Crippen molar-refractivity contribution in [1.82, 2.24) is 9.80 Å². The van der Waals surface area contributed by atoms with Gasteiger partial charge >= 0.3 is 0 Å². The molecule has 1 saturated heterocycles. The maximum Gasteiger partial charge on any atom is 0.257 e. The first-order valence-electron chi connectivity index (χ1n) is 6.32. The number of nitrogens with zero attached hydrogens (tertiary/aromatic N) is 2. The minimum Gasteiger partial charge on any atom is -0.496 e. The molecule has 4 nitrogen and oxygen atoms in total. The molecule has 104 valence electrons. The molecule has 1 aromatic rings. The number of carbonyl (C=O) groups is 1. The highest BCUT2D eigenvalue weighted by Gasteiger charge is 2.29. The van der Waals surface area contributed by atoms with Crippen LogP contribution in [0, 0.1) is 0 Å². The summed E-state index contributed by atoms with van der Waals surface area (Å²) in [5.41, 5.74) is 0.630. The molecular formula is C14H19BrN2O2. The number of hydrogen-bond donors (Lipinski definition) is 0. The van der Waals surface area contributed by atoms with Crippen LogP contribution in [0.15, 0.2) is 22.7 Å². The zero-order valence-corrected chi connectivity index (χ0v) is 13.1. The SMILES string of the molecule is COc1cc(Br)ccc1C(=O)N1CCC(N(C)C)C1. The number of benzene rings is 1. The highest BCUT2D eigenvalue weighted by atomic mass is 79.9. The predicted octanol–water partition coefficient (Wildman–Crippen LogP) is 2.23. The van der Waals surface area contributed by atoms with Gasteiger partial charge in [-0.05, 0) is 38.7 Å². The summed E-state index contributed by atoms with van der Waals surface area (Å²) in [6.45, 7) is 1.59. The lowest BCUT2D eigenvalue weighted by atomic mass is 10.2. The Morgan fingerprint density at radius 2 is 2.21 bits per heavy atom. The number of likely N-dealkylation sites (N-methyl/N-ethyl adjacent to an activating group) is 1. The van der Waals surface area contributed by atoms with Crippen molar-refractivity contribution in [2.24, 2.45) is 0 Å². The number of methoxy groups -OCH3 is 1. The first-order chi connectivity index (χ1) is 9.02. The Morgan fingerprint density at radius 3 is 2.79 bits per heavy atom. The third-order valence-corrected chi connectivity index (χ3v) is 4.07. The molecule has 5 heteroatoms. The second kappa shape index (κ2) is 5.92. The van der Waals surface area contributed by atoms with Gasteiger partial charge in [-0.3, -0.25) is 4.79 Å². The van der Waals surface area contributed by atoms with Crippen molar-refractivity contribution in [3.05, 3.63) is 28.2 Å². The molecule has 1 unspecified atom stereocenters. The van der Waals surface area contributed by atoms with Crippen LogP contribution in [0.5, 0.6) is 5.75 Å². The summed E-state index contributed by atoms with van der Waals surface area (Å²) in [4.78, 5) is 16.6.